The van der Waals surface area contributed by atoms with Gasteiger partial charge in [-0.3, -0.25) is 9.59 Å². The Morgan fingerprint density at radius 1 is 0.952 bits per heavy atom. The van der Waals surface area contributed by atoms with E-state index in [1.165, 1.54) is 32.1 Å². The minimum Gasteiger partial charge on any atom is -0.339 e. The number of ketones is 1. The van der Waals surface area contributed by atoms with Gasteiger partial charge in [0.1, 0.15) is 5.78 Å². The van der Waals surface area contributed by atoms with Crippen molar-refractivity contribution in [2.24, 2.45) is 11.8 Å². The first-order valence-corrected chi connectivity index (χ1v) is 9.08. The fraction of sp³-hybridized carbons (Fsp3) is 0.889. The molecule has 3 fully saturated rings. The molecule has 0 spiro atoms. The zero-order valence-corrected chi connectivity index (χ0v) is 13.2. The molecule has 3 nitrogen and oxygen atoms in total. The average Bonchev–Trinajstić information content (AvgIpc) is 2.69. The molecule has 0 N–H and O–H groups in total. The van der Waals surface area contributed by atoms with Gasteiger partial charge in [0, 0.05) is 31.3 Å². The standard InChI is InChI=1S/C18H29NO2/c20-17-11-4-3-9-15(17)16-10-2-1-5-12-19(16)18(21)13-14-7-6-8-14/h14-16H,1-13H2/t15-,16+/m1/s1. The summed E-state index contributed by atoms with van der Waals surface area (Å²) in [5.41, 5.74) is 0. The number of nitrogens with zero attached hydrogens (tertiary/aromatic N) is 1. The quantitative estimate of drug-likeness (QED) is 0.795. The zero-order chi connectivity index (χ0) is 14.7. The van der Waals surface area contributed by atoms with Crippen molar-refractivity contribution in [3.63, 3.8) is 0 Å². The number of Topliss-reactive ketones (excluding diaryl/α,β-unsaturated/α-hetero) is 1. The van der Waals surface area contributed by atoms with Crippen LogP contribution in [0, 0.1) is 11.8 Å². The van der Waals surface area contributed by atoms with E-state index in [4.69, 9.17) is 0 Å². The fourth-order valence-corrected chi connectivity index (χ4v) is 4.34. The monoisotopic (exact) mass is 291 g/mol. The predicted molar refractivity (Wildman–Crippen MR) is 82.9 cm³/mol. The second-order valence-corrected chi connectivity index (χ2v) is 7.32. The van der Waals surface area contributed by atoms with Gasteiger partial charge in [-0.1, -0.05) is 25.7 Å². The second-order valence-electron chi connectivity index (χ2n) is 7.32. The Kier molecular flexibility index (Phi) is 4.97. The van der Waals surface area contributed by atoms with Crippen LogP contribution in [0.15, 0.2) is 0 Å². The van der Waals surface area contributed by atoms with Gasteiger partial charge >= 0.3 is 0 Å². The number of rotatable bonds is 3. The van der Waals surface area contributed by atoms with Crippen molar-refractivity contribution in [3.8, 4) is 0 Å². The van der Waals surface area contributed by atoms with Crippen LogP contribution >= 0.6 is 0 Å². The lowest BCUT2D eigenvalue weighted by Crippen LogP contribution is -2.48. The van der Waals surface area contributed by atoms with Gasteiger partial charge in [-0.2, -0.15) is 0 Å². The Balaban J connectivity index is 1.69. The van der Waals surface area contributed by atoms with Crippen molar-refractivity contribution in [2.45, 2.75) is 83.1 Å². The lowest BCUT2D eigenvalue weighted by molar-refractivity contribution is -0.139. The molecule has 0 aromatic carbocycles. The molecule has 2 saturated carbocycles. The van der Waals surface area contributed by atoms with Gasteiger partial charge in [-0.05, 0) is 44.4 Å². The number of hydrogen-bond acceptors (Lipinski definition) is 2. The molecule has 0 aromatic heterocycles. The average molecular weight is 291 g/mol. The van der Waals surface area contributed by atoms with E-state index >= 15 is 0 Å². The maximum Gasteiger partial charge on any atom is 0.223 e. The topological polar surface area (TPSA) is 37.4 Å². The maximum absolute atomic E-state index is 12.7. The van der Waals surface area contributed by atoms with Gasteiger partial charge in [0.15, 0.2) is 0 Å². The van der Waals surface area contributed by atoms with E-state index < -0.39 is 0 Å². The third-order valence-corrected chi connectivity index (χ3v) is 5.87. The number of carbonyl (C=O) groups is 2. The van der Waals surface area contributed by atoms with E-state index in [0.717, 1.165) is 51.5 Å². The molecule has 3 heteroatoms. The van der Waals surface area contributed by atoms with Gasteiger partial charge in [0.25, 0.3) is 0 Å². The molecule has 118 valence electrons. The summed E-state index contributed by atoms with van der Waals surface area (Å²) >= 11 is 0. The highest BCUT2D eigenvalue weighted by Crippen LogP contribution is 2.34. The van der Waals surface area contributed by atoms with Crippen LogP contribution in [0.25, 0.3) is 0 Å². The van der Waals surface area contributed by atoms with Crippen molar-refractivity contribution in [2.75, 3.05) is 6.54 Å². The Bertz CT molecular complexity index is 389. The Hall–Kier alpha value is -0.860. The third-order valence-electron chi connectivity index (χ3n) is 5.87. The van der Waals surface area contributed by atoms with Gasteiger partial charge in [0.05, 0.1) is 0 Å². The smallest absolute Gasteiger partial charge is 0.223 e. The molecule has 3 aliphatic rings. The third kappa shape index (κ3) is 3.49. The fourth-order valence-electron chi connectivity index (χ4n) is 4.34. The van der Waals surface area contributed by atoms with Crippen LogP contribution < -0.4 is 0 Å². The first-order valence-electron chi connectivity index (χ1n) is 9.08. The van der Waals surface area contributed by atoms with Crippen LogP contribution in [-0.2, 0) is 9.59 Å². The second kappa shape index (κ2) is 6.93. The summed E-state index contributed by atoms with van der Waals surface area (Å²) in [6, 6.07) is 0.216. The Morgan fingerprint density at radius 3 is 2.48 bits per heavy atom. The molecule has 1 saturated heterocycles. The van der Waals surface area contributed by atoms with E-state index in [2.05, 4.69) is 4.90 Å². The van der Waals surface area contributed by atoms with E-state index in [1.54, 1.807) is 0 Å². The van der Waals surface area contributed by atoms with Crippen LogP contribution in [0.2, 0.25) is 0 Å². The van der Waals surface area contributed by atoms with Crippen LogP contribution in [0.3, 0.4) is 0 Å². The Labute approximate surface area is 128 Å². The minimum absolute atomic E-state index is 0.141. The highest BCUT2D eigenvalue weighted by atomic mass is 16.2. The molecular weight excluding hydrogens is 262 g/mol. The minimum atomic E-state index is 0.141. The van der Waals surface area contributed by atoms with Gasteiger partial charge in [0.2, 0.25) is 5.91 Å². The largest absolute Gasteiger partial charge is 0.339 e. The number of likely N-dealkylation sites (tertiary alicyclic amines) is 1. The van der Waals surface area contributed by atoms with Gasteiger partial charge in [-0.25, -0.2) is 0 Å². The van der Waals surface area contributed by atoms with Crippen LogP contribution in [-0.4, -0.2) is 29.2 Å². The molecule has 1 heterocycles. The lowest BCUT2D eigenvalue weighted by Gasteiger charge is -2.38. The number of hydrogen-bond donors (Lipinski definition) is 0. The molecule has 0 aromatic rings. The summed E-state index contributed by atoms with van der Waals surface area (Å²) in [5.74, 6) is 1.53. The number of carbonyl (C=O) groups excluding carboxylic acids is 2. The van der Waals surface area contributed by atoms with Crippen molar-refractivity contribution >= 4 is 11.7 Å². The van der Waals surface area contributed by atoms with E-state index in [9.17, 15) is 9.59 Å². The first-order chi connectivity index (χ1) is 10.3. The van der Waals surface area contributed by atoms with Crippen molar-refractivity contribution in [1.29, 1.82) is 0 Å². The molecule has 3 rings (SSSR count). The van der Waals surface area contributed by atoms with Crippen LogP contribution in [0.1, 0.15) is 77.0 Å². The molecular formula is C18H29NO2. The lowest BCUT2D eigenvalue weighted by atomic mass is 9.79. The van der Waals surface area contributed by atoms with Gasteiger partial charge < -0.3 is 4.90 Å². The normalized spacial score (nSPS) is 31.6. The molecule has 2 aliphatic carbocycles. The van der Waals surface area contributed by atoms with E-state index in [0.29, 0.717) is 17.6 Å². The molecule has 21 heavy (non-hydrogen) atoms. The van der Waals surface area contributed by atoms with Crippen molar-refractivity contribution in [3.05, 3.63) is 0 Å². The maximum atomic E-state index is 12.7. The van der Waals surface area contributed by atoms with Crippen molar-refractivity contribution < 1.29 is 9.59 Å². The molecule has 0 radical (unpaired) electrons. The molecule has 0 unspecified atom stereocenters. The molecule has 2 atom stereocenters. The van der Waals surface area contributed by atoms with Crippen molar-refractivity contribution in [1.82, 2.24) is 4.90 Å². The first kappa shape index (κ1) is 15.1. The summed E-state index contributed by atoms with van der Waals surface area (Å²) in [7, 11) is 0. The Morgan fingerprint density at radius 2 is 1.76 bits per heavy atom. The SMILES string of the molecule is O=C1CCCC[C@@H]1[C@@H]1CCCCCN1C(=O)CC1CCC1. The molecule has 1 aliphatic heterocycles. The van der Waals surface area contributed by atoms with Crippen LogP contribution in [0.5, 0.6) is 0 Å². The van der Waals surface area contributed by atoms with Crippen LogP contribution in [0.4, 0.5) is 0 Å². The van der Waals surface area contributed by atoms with Gasteiger partial charge in [-0.15, -0.1) is 0 Å². The summed E-state index contributed by atoms with van der Waals surface area (Å²) in [4.78, 5) is 27.2. The summed E-state index contributed by atoms with van der Waals surface area (Å²) in [6.45, 7) is 0.889. The summed E-state index contributed by atoms with van der Waals surface area (Å²) in [5, 5.41) is 0. The molecule has 0 bridgehead atoms. The highest BCUT2D eigenvalue weighted by molar-refractivity contribution is 5.84. The predicted octanol–water partition coefficient (Wildman–Crippen LogP) is 3.71. The highest BCUT2D eigenvalue weighted by Gasteiger charge is 2.37. The summed E-state index contributed by atoms with van der Waals surface area (Å²) < 4.78 is 0. The summed E-state index contributed by atoms with van der Waals surface area (Å²) in [6.07, 6.45) is 13.0. The zero-order valence-electron chi connectivity index (χ0n) is 13.2. The molecule has 1 amide bonds. The number of amides is 1. The van der Waals surface area contributed by atoms with E-state index in [1.807, 2.05) is 0 Å². The van der Waals surface area contributed by atoms with E-state index in [-0.39, 0.29) is 12.0 Å².